The Balaban J connectivity index is 2.41. The summed E-state index contributed by atoms with van der Waals surface area (Å²) in [6.07, 6.45) is 4.93. The number of carbonyl (C=O) groups is 1. The Morgan fingerprint density at radius 3 is 2.35 bits per heavy atom. The third-order valence-corrected chi connectivity index (χ3v) is 3.92. The van der Waals surface area contributed by atoms with Crippen LogP contribution in [0, 0.1) is 0 Å². The zero-order valence-electron chi connectivity index (χ0n) is 14.6. The van der Waals surface area contributed by atoms with Crippen LogP contribution < -0.4 is 4.74 Å². The number of aliphatic hydroxyl groups excluding tert-OH is 1. The number of aliphatic hydroxyl groups is 1. The third-order valence-electron chi connectivity index (χ3n) is 3.92. The second-order valence-electron chi connectivity index (χ2n) is 5.82. The molecule has 4 nitrogen and oxygen atoms in total. The molecule has 0 amide bonds. The van der Waals surface area contributed by atoms with Crippen molar-refractivity contribution in [3.8, 4) is 5.75 Å². The molecule has 0 aromatic heterocycles. The molecule has 0 aliphatic heterocycles. The summed E-state index contributed by atoms with van der Waals surface area (Å²) in [5.74, 6) is -0.0633. The minimum absolute atomic E-state index is 0.271. The van der Waals surface area contributed by atoms with Gasteiger partial charge in [-0.2, -0.15) is 0 Å². The smallest absolute Gasteiger partial charge is 0.335 e. The van der Waals surface area contributed by atoms with Gasteiger partial charge in [0.1, 0.15) is 5.75 Å². The van der Waals surface area contributed by atoms with E-state index in [2.05, 4.69) is 6.92 Å². The normalized spacial score (nSPS) is 13.4. The standard InChI is InChI=1S/C19H30O4/c1-4-6-7-8-9-14-23-17-12-10-16(11-13-17)15(3)18(20)19(21)22-5-2/h10-13,15,18,20H,4-9,14H2,1-3H3. The van der Waals surface area contributed by atoms with Crippen LogP contribution in [-0.2, 0) is 9.53 Å². The lowest BCUT2D eigenvalue weighted by molar-refractivity contribution is -0.154. The van der Waals surface area contributed by atoms with Gasteiger partial charge in [0.15, 0.2) is 6.10 Å². The Hall–Kier alpha value is -1.55. The minimum Gasteiger partial charge on any atom is -0.494 e. The molecule has 4 heteroatoms. The molecule has 0 saturated carbocycles. The van der Waals surface area contributed by atoms with Crippen molar-refractivity contribution in [3.63, 3.8) is 0 Å². The molecular formula is C19H30O4. The number of hydrogen-bond acceptors (Lipinski definition) is 4. The fourth-order valence-corrected chi connectivity index (χ4v) is 2.38. The SMILES string of the molecule is CCCCCCCOc1ccc(C(C)C(O)C(=O)OCC)cc1. The molecule has 0 bridgehead atoms. The summed E-state index contributed by atoms with van der Waals surface area (Å²) in [6.45, 7) is 6.74. The molecule has 1 aromatic rings. The molecule has 0 heterocycles. The molecule has 23 heavy (non-hydrogen) atoms. The molecule has 130 valence electrons. The summed E-state index contributed by atoms with van der Waals surface area (Å²) in [7, 11) is 0. The number of hydrogen-bond donors (Lipinski definition) is 1. The van der Waals surface area contributed by atoms with Crippen LogP contribution in [0.4, 0.5) is 0 Å². The molecule has 0 aliphatic rings. The molecule has 0 fully saturated rings. The van der Waals surface area contributed by atoms with E-state index in [1.807, 2.05) is 31.2 Å². The highest BCUT2D eigenvalue weighted by Gasteiger charge is 2.24. The molecule has 0 saturated heterocycles. The number of ether oxygens (including phenoxy) is 2. The van der Waals surface area contributed by atoms with Crippen LogP contribution in [0.1, 0.15) is 64.4 Å². The van der Waals surface area contributed by atoms with E-state index in [0.717, 1.165) is 24.3 Å². The molecule has 1 N–H and O–H groups in total. The number of carbonyl (C=O) groups excluding carboxylic acids is 1. The van der Waals surface area contributed by atoms with Gasteiger partial charge in [-0.1, -0.05) is 51.7 Å². The first-order valence-corrected chi connectivity index (χ1v) is 8.67. The van der Waals surface area contributed by atoms with E-state index >= 15 is 0 Å². The molecule has 0 radical (unpaired) electrons. The van der Waals surface area contributed by atoms with Crippen LogP contribution in [-0.4, -0.2) is 30.4 Å². The molecule has 0 spiro atoms. The Morgan fingerprint density at radius 2 is 1.74 bits per heavy atom. The summed E-state index contributed by atoms with van der Waals surface area (Å²) < 4.78 is 10.6. The van der Waals surface area contributed by atoms with Gasteiger partial charge in [0.2, 0.25) is 0 Å². The van der Waals surface area contributed by atoms with Crippen LogP contribution >= 0.6 is 0 Å². The average molecular weight is 322 g/mol. The number of benzene rings is 1. The average Bonchev–Trinajstić information content (AvgIpc) is 2.57. The first-order chi connectivity index (χ1) is 11.1. The Morgan fingerprint density at radius 1 is 1.09 bits per heavy atom. The molecular weight excluding hydrogens is 292 g/mol. The van der Waals surface area contributed by atoms with Gasteiger partial charge in [-0.05, 0) is 31.0 Å². The number of rotatable bonds is 11. The maximum Gasteiger partial charge on any atom is 0.335 e. The van der Waals surface area contributed by atoms with Gasteiger partial charge >= 0.3 is 5.97 Å². The fourth-order valence-electron chi connectivity index (χ4n) is 2.38. The summed E-state index contributed by atoms with van der Waals surface area (Å²) >= 11 is 0. The highest BCUT2D eigenvalue weighted by molar-refractivity contribution is 5.75. The van der Waals surface area contributed by atoms with Gasteiger partial charge in [-0.3, -0.25) is 0 Å². The largest absolute Gasteiger partial charge is 0.494 e. The van der Waals surface area contributed by atoms with E-state index in [1.165, 1.54) is 25.7 Å². The van der Waals surface area contributed by atoms with E-state index in [1.54, 1.807) is 6.92 Å². The monoisotopic (exact) mass is 322 g/mol. The van der Waals surface area contributed by atoms with Crippen LogP contribution in [0.15, 0.2) is 24.3 Å². The van der Waals surface area contributed by atoms with E-state index < -0.39 is 12.1 Å². The first-order valence-electron chi connectivity index (χ1n) is 8.67. The second kappa shape index (κ2) is 11.1. The predicted octanol–water partition coefficient (Wildman–Crippen LogP) is 4.06. The minimum atomic E-state index is -1.14. The highest BCUT2D eigenvalue weighted by atomic mass is 16.5. The quantitative estimate of drug-likeness (QED) is 0.493. The van der Waals surface area contributed by atoms with Gasteiger partial charge in [-0.25, -0.2) is 4.79 Å². The van der Waals surface area contributed by atoms with Crippen molar-refractivity contribution in [2.45, 2.75) is 64.9 Å². The van der Waals surface area contributed by atoms with Crippen molar-refractivity contribution >= 4 is 5.97 Å². The van der Waals surface area contributed by atoms with E-state index in [4.69, 9.17) is 9.47 Å². The number of esters is 1. The van der Waals surface area contributed by atoms with Crippen molar-refractivity contribution in [2.75, 3.05) is 13.2 Å². The summed E-state index contributed by atoms with van der Waals surface area (Å²) in [4.78, 5) is 11.6. The lowest BCUT2D eigenvalue weighted by Gasteiger charge is -2.18. The Labute approximate surface area is 139 Å². The maximum atomic E-state index is 11.6. The lowest BCUT2D eigenvalue weighted by atomic mass is 9.95. The first kappa shape index (κ1) is 19.5. The molecule has 2 unspecified atom stereocenters. The van der Waals surface area contributed by atoms with E-state index in [-0.39, 0.29) is 12.5 Å². The van der Waals surface area contributed by atoms with Crippen molar-refractivity contribution < 1.29 is 19.4 Å². The summed E-state index contributed by atoms with van der Waals surface area (Å²) in [5, 5.41) is 9.98. The molecule has 2 atom stereocenters. The highest BCUT2D eigenvalue weighted by Crippen LogP contribution is 2.23. The Kier molecular flexibility index (Phi) is 9.37. The lowest BCUT2D eigenvalue weighted by Crippen LogP contribution is -2.28. The van der Waals surface area contributed by atoms with Crippen LogP contribution in [0.2, 0.25) is 0 Å². The van der Waals surface area contributed by atoms with Crippen LogP contribution in [0.3, 0.4) is 0 Å². The van der Waals surface area contributed by atoms with Gasteiger partial charge in [-0.15, -0.1) is 0 Å². The van der Waals surface area contributed by atoms with Gasteiger partial charge in [0.25, 0.3) is 0 Å². The van der Waals surface area contributed by atoms with Gasteiger partial charge < -0.3 is 14.6 Å². The number of unbranched alkanes of at least 4 members (excludes halogenated alkanes) is 4. The van der Waals surface area contributed by atoms with Crippen LogP contribution in [0.25, 0.3) is 0 Å². The molecule has 1 aromatic carbocycles. The zero-order valence-corrected chi connectivity index (χ0v) is 14.6. The second-order valence-corrected chi connectivity index (χ2v) is 5.82. The van der Waals surface area contributed by atoms with Gasteiger partial charge in [0.05, 0.1) is 13.2 Å². The fraction of sp³-hybridized carbons (Fsp3) is 0.632. The van der Waals surface area contributed by atoms with Gasteiger partial charge in [0, 0.05) is 5.92 Å². The maximum absolute atomic E-state index is 11.6. The molecule has 0 aliphatic carbocycles. The van der Waals surface area contributed by atoms with Crippen molar-refractivity contribution in [3.05, 3.63) is 29.8 Å². The topological polar surface area (TPSA) is 55.8 Å². The predicted molar refractivity (Wildman–Crippen MR) is 91.8 cm³/mol. The molecule has 1 rings (SSSR count). The van der Waals surface area contributed by atoms with Crippen LogP contribution in [0.5, 0.6) is 5.75 Å². The van der Waals surface area contributed by atoms with Crippen molar-refractivity contribution in [1.29, 1.82) is 0 Å². The Bertz CT molecular complexity index is 441. The van der Waals surface area contributed by atoms with E-state index in [9.17, 15) is 9.90 Å². The van der Waals surface area contributed by atoms with E-state index in [0.29, 0.717) is 0 Å². The summed E-state index contributed by atoms with van der Waals surface area (Å²) in [5.41, 5.74) is 0.890. The third kappa shape index (κ3) is 7.04. The van der Waals surface area contributed by atoms with Crippen molar-refractivity contribution in [1.82, 2.24) is 0 Å². The summed E-state index contributed by atoms with van der Waals surface area (Å²) in [6, 6.07) is 7.55. The van der Waals surface area contributed by atoms with Crippen molar-refractivity contribution in [2.24, 2.45) is 0 Å². The zero-order chi connectivity index (χ0) is 17.1.